The van der Waals surface area contributed by atoms with E-state index in [1.54, 1.807) is 7.11 Å². The standard InChI is InChI=1S/C12H15N3O/c1-7-5-10(16-3)6-9-4-8(2)12(15-13)14-11(7)9/h4-6H,13H2,1-3H3,(H,14,15). The van der Waals surface area contributed by atoms with Crippen molar-refractivity contribution in [3.8, 4) is 5.75 Å². The smallest absolute Gasteiger partial charge is 0.143 e. The van der Waals surface area contributed by atoms with Crippen LogP contribution in [0.1, 0.15) is 11.1 Å². The summed E-state index contributed by atoms with van der Waals surface area (Å²) in [5.74, 6) is 6.97. The second-order valence-corrected chi connectivity index (χ2v) is 3.81. The first-order chi connectivity index (χ1) is 7.65. The normalized spacial score (nSPS) is 10.5. The average Bonchev–Trinajstić information content (AvgIpc) is 2.28. The second kappa shape index (κ2) is 3.98. The lowest BCUT2D eigenvalue weighted by Crippen LogP contribution is -2.10. The molecule has 4 nitrogen and oxygen atoms in total. The zero-order chi connectivity index (χ0) is 11.7. The Morgan fingerprint density at radius 1 is 1.19 bits per heavy atom. The molecule has 0 saturated heterocycles. The van der Waals surface area contributed by atoms with E-state index in [1.165, 1.54) is 0 Å². The van der Waals surface area contributed by atoms with Gasteiger partial charge in [0, 0.05) is 5.39 Å². The number of nitrogens with zero attached hydrogens (tertiary/aromatic N) is 1. The summed E-state index contributed by atoms with van der Waals surface area (Å²) in [5.41, 5.74) is 5.64. The molecule has 16 heavy (non-hydrogen) atoms. The fourth-order valence-corrected chi connectivity index (χ4v) is 1.80. The van der Waals surface area contributed by atoms with Crippen LogP contribution < -0.4 is 16.0 Å². The van der Waals surface area contributed by atoms with E-state index in [9.17, 15) is 0 Å². The van der Waals surface area contributed by atoms with Crippen molar-refractivity contribution in [3.63, 3.8) is 0 Å². The first kappa shape index (κ1) is 10.7. The molecule has 1 aromatic heterocycles. The molecule has 4 heteroatoms. The van der Waals surface area contributed by atoms with Gasteiger partial charge in [0.25, 0.3) is 0 Å². The van der Waals surface area contributed by atoms with Crippen molar-refractivity contribution in [2.75, 3.05) is 12.5 Å². The molecule has 0 radical (unpaired) electrons. The molecule has 0 fully saturated rings. The summed E-state index contributed by atoms with van der Waals surface area (Å²) in [7, 11) is 1.66. The van der Waals surface area contributed by atoms with Crippen molar-refractivity contribution in [1.82, 2.24) is 4.98 Å². The van der Waals surface area contributed by atoms with Crippen LogP contribution in [0.3, 0.4) is 0 Å². The van der Waals surface area contributed by atoms with Crippen LogP contribution in [0.25, 0.3) is 10.9 Å². The summed E-state index contributed by atoms with van der Waals surface area (Å²) in [4.78, 5) is 4.48. The van der Waals surface area contributed by atoms with Crippen molar-refractivity contribution in [3.05, 3.63) is 29.3 Å². The molecule has 84 valence electrons. The van der Waals surface area contributed by atoms with Crippen molar-refractivity contribution in [2.24, 2.45) is 5.84 Å². The predicted octanol–water partition coefficient (Wildman–Crippen LogP) is 2.15. The van der Waals surface area contributed by atoms with Gasteiger partial charge in [-0.25, -0.2) is 10.8 Å². The molecule has 2 rings (SSSR count). The van der Waals surface area contributed by atoms with Crippen LogP contribution in [0.2, 0.25) is 0 Å². The summed E-state index contributed by atoms with van der Waals surface area (Å²) in [6, 6.07) is 5.99. The van der Waals surface area contributed by atoms with Crippen LogP contribution in [0, 0.1) is 13.8 Å². The molecule has 0 saturated carbocycles. The number of nitrogen functional groups attached to an aromatic ring is 1. The Bertz CT molecular complexity index is 537. The van der Waals surface area contributed by atoms with E-state index in [1.807, 2.05) is 32.0 Å². The van der Waals surface area contributed by atoms with E-state index < -0.39 is 0 Å². The molecule has 0 aliphatic heterocycles. The molecule has 3 N–H and O–H groups in total. The topological polar surface area (TPSA) is 60.2 Å². The van der Waals surface area contributed by atoms with Gasteiger partial charge in [0.1, 0.15) is 11.6 Å². The van der Waals surface area contributed by atoms with Gasteiger partial charge < -0.3 is 10.2 Å². The molecule has 0 aliphatic carbocycles. The van der Waals surface area contributed by atoms with Gasteiger partial charge in [0.05, 0.1) is 12.6 Å². The van der Waals surface area contributed by atoms with E-state index in [-0.39, 0.29) is 0 Å². The largest absolute Gasteiger partial charge is 0.497 e. The SMILES string of the molecule is COc1cc(C)c2nc(NN)c(C)cc2c1. The number of nitrogens with two attached hydrogens (primary N) is 1. The van der Waals surface area contributed by atoms with Gasteiger partial charge in [-0.15, -0.1) is 0 Å². The van der Waals surface area contributed by atoms with Crippen LogP contribution in [0.15, 0.2) is 18.2 Å². The monoisotopic (exact) mass is 217 g/mol. The van der Waals surface area contributed by atoms with Gasteiger partial charge in [-0.1, -0.05) is 0 Å². The van der Waals surface area contributed by atoms with E-state index >= 15 is 0 Å². The highest BCUT2D eigenvalue weighted by Crippen LogP contribution is 2.26. The Labute approximate surface area is 94.4 Å². The number of ether oxygens (including phenoxy) is 1. The number of rotatable bonds is 2. The quantitative estimate of drug-likeness (QED) is 0.597. The number of hydrogen-bond acceptors (Lipinski definition) is 4. The molecular weight excluding hydrogens is 202 g/mol. The number of hydrogen-bond donors (Lipinski definition) is 2. The molecule has 0 amide bonds. The van der Waals surface area contributed by atoms with Gasteiger partial charge in [0.2, 0.25) is 0 Å². The van der Waals surface area contributed by atoms with Crippen LogP contribution >= 0.6 is 0 Å². The Kier molecular flexibility index (Phi) is 2.66. The summed E-state index contributed by atoms with van der Waals surface area (Å²) < 4.78 is 5.23. The van der Waals surface area contributed by atoms with Crippen LogP contribution in [0.4, 0.5) is 5.82 Å². The highest BCUT2D eigenvalue weighted by atomic mass is 16.5. The lowest BCUT2D eigenvalue weighted by atomic mass is 10.1. The average molecular weight is 217 g/mol. The first-order valence-electron chi connectivity index (χ1n) is 5.08. The molecule has 0 bridgehead atoms. The number of aryl methyl sites for hydroxylation is 2. The number of aromatic nitrogens is 1. The fraction of sp³-hybridized carbons (Fsp3) is 0.250. The minimum absolute atomic E-state index is 0.709. The summed E-state index contributed by atoms with van der Waals surface area (Å²) in [6.07, 6.45) is 0. The highest BCUT2D eigenvalue weighted by molar-refractivity contribution is 5.85. The molecule has 0 atom stereocenters. The number of anilines is 1. The third kappa shape index (κ3) is 1.67. The van der Waals surface area contributed by atoms with E-state index in [0.29, 0.717) is 5.82 Å². The maximum Gasteiger partial charge on any atom is 0.143 e. The number of nitrogens with one attached hydrogen (secondary N) is 1. The number of pyridine rings is 1. The Morgan fingerprint density at radius 3 is 2.56 bits per heavy atom. The van der Waals surface area contributed by atoms with Crippen LogP contribution in [-0.4, -0.2) is 12.1 Å². The zero-order valence-electron chi connectivity index (χ0n) is 9.66. The highest BCUT2D eigenvalue weighted by Gasteiger charge is 2.06. The maximum atomic E-state index is 5.41. The van der Waals surface area contributed by atoms with Crippen LogP contribution in [-0.2, 0) is 0 Å². The van der Waals surface area contributed by atoms with Gasteiger partial charge in [-0.3, -0.25) is 0 Å². The third-order valence-corrected chi connectivity index (χ3v) is 2.65. The fourth-order valence-electron chi connectivity index (χ4n) is 1.80. The lowest BCUT2D eigenvalue weighted by molar-refractivity contribution is 0.415. The Balaban J connectivity index is 2.75. The predicted molar refractivity (Wildman–Crippen MR) is 65.6 cm³/mol. The first-order valence-corrected chi connectivity index (χ1v) is 5.08. The number of benzene rings is 1. The summed E-state index contributed by atoms with van der Waals surface area (Å²) in [6.45, 7) is 3.98. The minimum Gasteiger partial charge on any atom is -0.497 e. The summed E-state index contributed by atoms with van der Waals surface area (Å²) >= 11 is 0. The van der Waals surface area contributed by atoms with Gasteiger partial charge >= 0.3 is 0 Å². The maximum absolute atomic E-state index is 5.41. The summed E-state index contributed by atoms with van der Waals surface area (Å²) in [5, 5.41) is 1.06. The third-order valence-electron chi connectivity index (χ3n) is 2.65. The second-order valence-electron chi connectivity index (χ2n) is 3.81. The Hall–Kier alpha value is -1.81. The van der Waals surface area contributed by atoms with E-state index in [4.69, 9.17) is 10.6 Å². The number of hydrazine groups is 1. The van der Waals surface area contributed by atoms with Gasteiger partial charge in [0.15, 0.2) is 0 Å². The van der Waals surface area contributed by atoms with Crippen molar-refractivity contribution < 1.29 is 4.74 Å². The van der Waals surface area contributed by atoms with Crippen molar-refractivity contribution >= 4 is 16.7 Å². The zero-order valence-corrected chi connectivity index (χ0v) is 9.66. The minimum atomic E-state index is 0.709. The van der Waals surface area contributed by atoms with Crippen molar-refractivity contribution in [1.29, 1.82) is 0 Å². The molecule has 2 aromatic rings. The molecule has 0 spiro atoms. The van der Waals surface area contributed by atoms with Crippen molar-refractivity contribution in [2.45, 2.75) is 13.8 Å². The molecule has 0 unspecified atom stereocenters. The van der Waals surface area contributed by atoms with Gasteiger partial charge in [-0.05, 0) is 43.2 Å². The molecular formula is C12H15N3O. The molecule has 1 heterocycles. The van der Waals surface area contributed by atoms with E-state index in [0.717, 1.165) is 27.8 Å². The van der Waals surface area contributed by atoms with Gasteiger partial charge in [-0.2, -0.15) is 0 Å². The van der Waals surface area contributed by atoms with E-state index in [2.05, 4.69) is 10.4 Å². The number of fused-ring (bicyclic) bond motifs is 1. The number of methoxy groups -OCH3 is 1. The lowest BCUT2D eigenvalue weighted by Gasteiger charge is -2.09. The Morgan fingerprint density at radius 2 is 1.94 bits per heavy atom. The molecule has 1 aromatic carbocycles. The molecule has 0 aliphatic rings. The van der Waals surface area contributed by atoms with Crippen LogP contribution in [0.5, 0.6) is 5.75 Å².